The van der Waals surface area contributed by atoms with Gasteiger partial charge in [0.15, 0.2) is 10.4 Å². The Morgan fingerprint density at radius 2 is 2.38 bits per heavy atom. The second kappa shape index (κ2) is 4.84. The van der Waals surface area contributed by atoms with E-state index >= 15 is 0 Å². The van der Waals surface area contributed by atoms with E-state index in [-0.39, 0.29) is 30.2 Å². The number of carbonyl (C=O) groups excluding carboxylic acids is 1. The zero-order valence-corrected chi connectivity index (χ0v) is 10.1. The van der Waals surface area contributed by atoms with Crippen molar-refractivity contribution in [3.8, 4) is 0 Å². The van der Waals surface area contributed by atoms with E-state index in [2.05, 4.69) is 21.2 Å². The Bertz CT molecular complexity index is 413. The molecule has 2 N–H and O–H groups in total. The average molecular weight is 286 g/mol. The van der Waals surface area contributed by atoms with Crippen LogP contribution in [0.4, 0.5) is 0 Å². The minimum atomic E-state index is -0.237. The predicted octanol–water partition coefficient (Wildman–Crippen LogP) is 1.71. The van der Waals surface area contributed by atoms with E-state index in [0.29, 0.717) is 4.67 Å². The number of hydrogen-bond donors (Lipinski definition) is 2. The van der Waals surface area contributed by atoms with Gasteiger partial charge in [-0.1, -0.05) is 12.2 Å². The molecule has 1 aliphatic rings. The van der Waals surface area contributed by atoms with Gasteiger partial charge in [0.25, 0.3) is 5.91 Å². The number of aliphatic hydroxyl groups excluding tert-OH is 1. The van der Waals surface area contributed by atoms with Crippen LogP contribution in [0.1, 0.15) is 17.0 Å². The molecule has 1 amide bonds. The lowest BCUT2D eigenvalue weighted by Gasteiger charge is -2.11. The normalized spacial score (nSPS) is 23.6. The molecule has 1 aromatic rings. The second-order valence-corrected chi connectivity index (χ2v) is 4.53. The Morgan fingerprint density at radius 3 is 2.94 bits per heavy atom. The van der Waals surface area contributed by atoms with Gasteiger partial charge in [-0.05, 0) is 34.5 Å². The molecule has 1 heterocycles. The van der Waals surface area contributed by atoms with E-state index in [1.807, 2.05) is 12.2 Å². The van der Waals surface area contributed by atoms with Crippen molar-refractivity contribution >= 4 is 21.8 Å². The molecule has 5 heteroatoms. The van der Waals surface area contributed by atoms with E-state index in [4.69, 9.17) is 9.52 Å². The molecule has 4 nitrogen and oxygen atoms in total. The fraction of sp³-hybridized carbons (Fsp3) is 0.364. The number of halogens is 1. The summed E-state index contributed by atoms with van der Waals surface area (Å²) in [5.74, 6) is 0.195. The van der Waals surface area contributed by atoms with Crippen molar-refractivity contribution in [3.63, 3.8) is 0 Å². The van der Waals surface area contributed by atoms with Gasteiger partial charge in [0.2, 0.25) is 0 Å². The minimum absolute atomic E-state index is 0.0199. The zero-order valence-electron chi connectivity index (χ0n) is 8.52. The third-order valence-electron chi connectivity index (χ3n) is 2.52. The van der Waals surface area contributed by atoms with Crippen LogP contribution in [0, 0.1) is 5.92 Å². The molecule has 0 saturated carbocycles. The average Bonchev–Trinajstić information content (AvgIpc) is 2.87. The lowest BCUT2D eigenvalue weighted by Crippen LogP contribution is -2.32. The van der Waals surface area contributed by atoms with Crippen molar-refractivity contribution in [1.29, 1.82) is 0 Å². The lowest BCUT2D eigenvalue weighted by molar-refractivity contribution is 0.0912. The van der Waals surface area contributed by atoms with Gasteiger partial charge in [0.1, 0.15) is 0 Å². The van der Waals surface area contributed by atoms with Crippen LogP contribution in [0.15, 0.2) is 33.4 Å². The zero-order chi connectivity index (χ0) is 11.5. The number of nitrogens with one attached hydrogen (secondary N) is 1. The van der Waals surface area contributed by atoms with Gasteiger partial charge in [-0.15, -0.1) is 0 Å². The molecule has 0 saturated heterocycles. The number of aliphatic hydroxyl groups is 1. The largest absolute Gasteiger partial charge is 0.444 e. The Morgan fingerprint density at radius 1 is 1.56 bits per heavy atom. The molecule has 0 bridgehead atoms. The standard InChI is InChI=1S/C11H12BrNO3/c12-10-4-3-9(16-10)11(15)13-8-2-1-7(5-8)6-14/h1-4,7-8,14H,5-6H2,(H,13,15)/t7-,8+/m0/s1. The Kier molecular flexibility index (Phi) is 3.46. The lowest BCUT2D eigenvalue weighted by atomic mass is 10.1. The SMILES string of the molecule is O=C(N[C@@H]1C=C[C@H](CO)C1)c1ccc(Br)o1. The molecule has 2 rings (SSSR count). The van der Waals surface area contributed by atoms with Crippen LogP contribution in [-0.4, -0.2) is 23.7 Å². The van der Waals surface area contributed by atoms with Crippen LogP contribution in [0.3, 0.4) is 0 Å². The van der Waals surface area contributed by atoms with E-state index in [1.165, 1.54) is 0 Å². The Labute approximate surface area is 101 Å². The molecule has 0 spiro atoms. The highest BCUT2D eigenvalue weighted by Crippen LogP contribution is 2.18. The van der Waals surface area contributed by atoms with Gasteiger partial charge in [-0.3, -0.25) is 4.79 Å². The summed E-state index contributed by atoms with van der Waals surface area (Å²) >= 11 is 3.14. The summed E-state index contributed by atoms with van der Waals surface area (Å²) in [6, 6.07) is 3.27. The van der Waals surface area contributed by atoms with E-state index in [0.717, 1.165) is 6.42 Å². The number of hydrogen-bond acceptors (Lipinski definition) is 3. The molecule has 1 aromatic heterocycles. The fourth-order valence-electron chi connectivity index (χ4n) is 1.69. The first-order chi connectivity index (χ1) is 7.69. The number of furan rings is 1. The molecule has 16 heavy (non-hydrogen) atoms. The first kappa shape index (κ1) is 11.4. The van der Waals surface area contributed by atoms with Crippen molar-refractivity contribution in [1.82, 2.24) is 5.32 Å². The first-order valence-corrected chi connectivity index (χ1v) is 5.83. The third-order valence-corrected chi connectivity index (χ3v) is 2.95. The summed E-state index contributed by atoms with van der Waals surface area (Å²) in [5, 5.41) is 11.8. The molecule has 86 valence electrons. The van der Waals surface area contributed by atoms with Crippen molar-refractivity contribution in [3.05, 3.63) is 34.7 Å². The van der Waals surface area contributed by atoms with Crippen LogP contribution in [-0.2, 0) is 0 Å². The molecule has 1 aliphatic carbocycles. The van der Waals surface area contributed by atoms with Crippen LogP contribution >= 0.6 is 15.9 Å². The molecule has 2 atom stereocenters. The molecule has 0 aromatic carbocycles. The Balaban J connectivity index is 1.92. The molecule has 0 radical (unpaired) electrons. The van der Waals surface area contributed by atoms with E-state index in [9.17, 15) is 4.79 Å². The van der Waals surface area contributed by atoms with E-state index < -0.39 is 0 Å². The Hall–Kier alpha value is -1.07. The highest BCUT2D eigenvalue weighted by molar-refractivity contribution is 9.10. The van der Waals surface area contributed by atoms with E-state index in [1.54, 1.807) is 12.1 Å². The van der Waals surface area contributed by atoms with Gasteiger partial charge in [-0.25, -0.2) is 0 Å². The maximum atomic E-state index is 11.7. The molecular formula is C11H12BrNO3. The highest BCUT2D eigenvalue weighted by Gasteiger charge is 2.21. The van der Waals surface area contributed by atoms with Crippen LogP contribution in [0.25, 0.3) is 0 Å². The van der Waals surface area contributed by atoms with Gasteiger partial charge < -0.3 is 14.8 Å². The first-order valence-electron chi connectivity index (χ1n) is 5.04. The molecular weight excluding hydrogens is 274 g/mol. The second-order valence-electron chi connectivity index (χ2n) is 3.75. The highest BCUT2D eigenvalue weighted by atomic mass is 79.9. The number of rotatable bonds is 3. The van der Waals surface area contributed by atoms with Gasteiger partial charge in [0, 0.05) is 18.6 Å². The number of carbonyl (C=O) groups is 1. The van der Waals surface area contributed by atoms with Gasteiger partial charge in [-0.2, -0.15) is 0 Å². The summed E-state index contributed by atoms with van der Waals surface area (Å²) in [5.41, 5.74) is 0. The van der Waals surface area contributed by atoms with Crippen molar-refractivity contribution in [2.75, 3.05) is 6.61 Å². The van der Waals surface area contributed by atoms with Crippen molar-refractivity contribution in [2.45, 2.75) is 12.5 Å². The third kappa shape index (κ3) is 2.54. The predicted molar refractivity (Wildman–Crippen MR) is 62.0 cm³/mol. The summed E-state index contributed by atoms with van der Waals surface area (Å²) < 4.78 is 5.67. The van der Waals surface area contributed by atoms with Crippen molar-refractivity contribution < 1.29 is 14.3 Å². The molecule has 0 unspecified atom stereocenters. The van der Waals surface area contributed by atoms with Crippen LogP contribution in [0.2, 0.25) is 0 Å². The van der Waals surface area contributed by atoms with Crippen molar-refractivity contribution in [2.24, 2.45) is 5.92 Å². The van der Waals surface area contributed by atoms with Crippen LogP contribution in [0.5, 0.6) is 0 Å². The summed E-state index contributed by atoms with van der Waals surface area (Å²) in [6.07, 6.45) is 4.56. The summed E-state index contributed by atoms with van der Waals surface area (Å²) in [7, 11) is 0. The maximum absolute atomic E-state index is 11.7. The topological polar surface area (TPSA) is 62.5 Å². The fourth-order valence-corrected chi connectivity index (χ4v) is 2.00. The quantitative estimate of drug-likeness (QED) is 0.831. The minimum Gasteiger partial charge on any atom is -0.444 e. The molecule has 0 fully saturated rings. The van der Waals surface area contributed by atoms with Crippen LogP contribution < -0.4 is 5.32 Å². The summed E-state index contributed by atoms with van der Waals surface area (Å²) in [6.45, 7) is 0.120. The monoisotopic (exact) mass is 285 g/mol. The summed E-state index contributed by atoms with van der Waals surface area (Å²) in [4.78, 5) is 11.7. The number of amides is 1. The van der Waals surface area contributed by atoms with Gasteiger partial charge >= 0.3 is 0 Å². The maximum Gasteiger partial charge on any atom is 0.287 e. The van der Waals surface area contributed by atoms with Gasteiger partial charge in [0.05, 0.1) is 0 Å². The molecule has 0 aliphatic heterocycles. The smallest absolute Gasteiger partial charge is 0.287 e.